The number of hydrogen-bond donors (Lipinski definition) is 2. The van der Waals surface area contributed by atoms with Crippen LogP contribution < -0.4 is 5.32 Å². The number of nitro benzene ring substituents is 1. The number of nitriles is 1. The van der Waals surface area contributed by atoms with Gasteiger partial charge in [-0.2, -0.15) is 5.26 Å². The summed E-state index contributed by atoms with van der Waals surface area (Å²) in [5.74, 6) is -1.12. The van der Waals surface area contributed by atoms with Gasteiger partial charge in [-0.25, -0.2) is 4.79 Å². The van der Waals surface area contributed by atoms with E-state index in [1.807, 2.05) is 0 Å². The molecule has 1 unspecified atom stereocenters. The highest BCUT2D eigenvalue weighted by Crippen LogP contribution is 2.43. The summed E-state index contributed by atoms with van der Waals surface area (Å²) in [4.78, 5) is 21.9. The van der Waals surface area contributed by atoms with E-state index in [-0.39, 0.29) is 22.9 Å². The molecule has 104 valence electrons. The summed E-state index contributed by atoms with van der Waals surface area (Å²) in [6.07, 6.45) is 1.53. The third-order valence-electron chi connectivity index (χ3n) is 3.57. The predicted molar refractivity (Wildman–Crippen MR) is 70.2 cm³/mol. The second-order valence-electron chi connectivity index (χ2n) is 4.98. The molecule has 1 aromatic carbocycles. The molecule has 1 saturated carbocycles. The second-order valence-corrected chi connectivity index (χ2v) is 4.98. The lowest BCUT2D eigenvalue weighted by Crippen LogP contribution is -2.45. The van der Waals surface area contributed by atoms with E-state index in [0.717, 1.165) is 12.8 Å². The third kappa shape index (κ3) is 2.28. The molecule has 7 nitrogen and oxygen atoms in total. The van der Waals surface area contributed by atoms with Gasteiger partial charge in [-0.3, -0.25) is 10.1 Å². The number of benzene rings is 1. The number of nitrogens with zero attached hydrogens (tertiary/aromatic N) is 2. The molecule has 2 rings (SSSR count). The maximum atomic E-state index is 11.4. The lowest BCUT2D eigenvalue weighted by molar-refractivity contribution is -0.384. The minimum absolute atomic E-state index is 0.0610. The molecule has 0 amide bonds. The number of carbonyl (C=O) groups is 1. The summed E-state index contributed by atoms with van der Waals surface area (Å²) in [7, 11) is 0. The molecule has 1 fully saturated rings. The van der Waals surface area contributed by atoms with Crippen molar-refractivity contribution in [3.05, 3.63) is 33.9 Å². The number of carboxylic acids is 1. The van der Waals surface area contributed by atoms with Gasteiger partial charge < -0.3 is 10.4 Å². The van der Waals surface area contributed by atoms with Gasteiger partial charge in [-0.1, -0.05) is 6.07 Å². The number of nitro groups is 1. The van der Waals surface area contributed by atoms with Gasteiger partial charge in [0.1, 0.15) is 22.9 Å². The SMILES string of the molecule is CC(Nc1cccc(C#N)c1[N+](=O)[O-])(C(=O)O)C1CC1. The quantitative estimate of drug-likeness (QED) is 0.628. The number of nitrogens with one attached hydrogen (secondary N) is 1. The highest BCUT2D eigenvalue weighted by molar-refractivity contribution is 5.85. The molecular formula is C13H13N3O4. The first-order valence-electron chi connectivity index (χ1n) is 6.09. The van der Waals surface area contributed by atoms with Crippen LogP contribution in [0.5, 0.6) is 0 Å². The van der Waals surface area contributed by atoms with Crippen LogP contribution in [0.1, 0.15) is 25.3 Å². The van der Waals surface area contributed by atoms with E-state index >= 15 is 0 Å². The summed E-state index contributed by atoms with van der Waals surface area (Å²) >= 11 is 0. The van der Waals surface area contributed by atoms with Crippen LogP contribution >= 0.6 is 0 Å². The molecule has 7 heteroatoms. The number of carboxylic acid groups (broad SMARTS) is 1. The van der Waals surface area contributed by atoms with Crippen molar-refractivity contribution in [1.82, 2.24) is 0 Å². The third-order valence-corrected chi connectivity index (χ3v) is 3.57. The zero-order valence-electron chi connectivity index (χ0n) is 10.8. The number of rotatable bonds is 5. The number of hydrogen-bond acceptors (Lipinski definition) is 5. The Morgan fingerprint density at radius 2 is 2.25 bits per heavy atom. The molecule has 0 radical (unpaired) electrons. The van der Waals surface area contributed by atoms with Gasteiger partial charge in [-0.05, 0) is 37.8 Å². The summed E-state index contributed by atoms with van der Waals surface area (Å²) in [6.45, 7) is 1.51. The molecule has 20 heavy (non-hydrogen) atoms. The normalized spacial score (nSPS) is 16.8. The van der Waals surface area contributed by atoms with E-state index in [1.54, 1.807) is 6.07 Å². The smallest absolute Gasteiger partial charge is 0.329 e. The fourth-order valence-electron chi connectivity index (χ4n) is 2.20. The van der Waals surface area contributed by atoms with Crippen LogP contribution in [0, 0.1) is 27.4 Å². The second kappa shape index (κ2) is 4.81. The van der Waals surface area contributed by atoms with E-state index < -0.39 is 16.4 Å². The topological polar surface area (TPSA) is 116 Å². The fraction of sp³-hybridized carbons (Fsp3) is 0.385. The average molecular weight is 275 g/mol. The largest absolute Gasteiger partial charge is 0.480 e. The predicted octanol–water partition coefficient (Wildman–Crippen LogP) is 2.13. The fourth-order valence-corrected chi connectivity index (χ4v) is 2.20. The van der Waals surface area contributed by atoms with Crippen LogP contribution in [0.3, 0.4) is 0 Å². The zero-order chi connectivity index (χ0) is 14.9. The number of para-hydroxylation sites is 1. The zero-order valence-corrected chi connectivity index (χ0v) is 10.8. The molecule has 0 bridgehead atoms. The van der Waals surface area contributed by atoms with Crippen LogP contribution in [-0.4, -0.2) is 21.5 Å². The Labute approximate surface area is 115 Å². The van der Waals surface area contributed by atoms with Crippen LogP contribution in [0.25, 0.3) is 0 Å². The van der Waals surface area contributed by atoms with Crippen molar-refractivity contribution in [2.45, 2.75) is 25.3 Å². The minimum Gasteiger partial charge on any atom is -0.480 e. The van der Waals surface area contributed by atoms with E-state index in [9.17, 15) is 20.0 Å². The summed E-state index contributed by atoms with van der Waals surface area (Å²) in [5.41, 5.74) is -1.68. The summed E-state index contributed by atoms with van der Waals surface area (Å²) in [5, 5.41) is 32.1. The summed E-state index contributed by atoms with van der Waals surface area (Å²) in [6, 6.07) is 5.99. The Morgan fingerprint density at radius 3 is 2.70 bits per heavy atom. The molecule has 2 N–H and O–H groups in total. The first kappa shape index (κ1) is 13.8. The van der Waals surface area contributed by atoms with Crippen molar-refractivity contribution in [2.24, 2.45) is 5.92 Å². The van der Waals surface area contributed by atoms with Crippen molar-refractivity contribution >= 4 is 17.3 Å². The monoisotopic (exact) mass is 275 g/mol. The van der Waals surface area contributed by atoms with Gasteiger partial charge in [0.15, 0.2) is 0 Å². The van der Waals surface area contributed by atoms with Gasteiger partial charge in [0.2, 0.25) is 0 Å². The maximum absolute atomic E-state index is 11.4. The molecule has 1 aromatic rings. The molecule has 0 aromatic heterocycles. The van der Waals surface area contributed by atoms with Crippen LogP contribution in [-0.2, 0) is 4.79 Å². The van der Waals surface area contributed by atoms with Crippen LogP contribution in [0.4, 0.5) is 11.4 Å². The van der Waals surface area contributed by atoms with E-state index in [2.05, 4.69) is 5.32 Å². The standard InChI is InChI=1S/C13H13N3O4/c1-13(12(17)18,9-5-6-9)15-10-4-2-3-8(7-14)11(10)16(19)20/h2-4,9,15H,5-6H2,1H3,(H,17,18). The number of anilines is 1. The Bertz CT molecular complexity index is 619. The van der Waals surface area contributed by atoms with Gasteiger partial charge >= 0.3 is 11.7 Å². The molecule has 0 aliphatic heterocycles. The number of aliphatic carboxylic acids is 1. The Balaban J connectivity index is 2.46. The maximum Gasteiger partial charge on any atom is 0.329 e. The van der Waals surface area contributed by atoms with Crippen molar-refractivity contribution in [1.29, 1.82) is 5.26 Å². The molecule has 0 heterocycles. The van der Waals surface area contributed by atoms with Crippen LogP contribution in [0.15, 0.2) is 18.2 Å². The molecular weight excluding hydrogens is 262 g/mol. The minimum atomic E-state index is -1.27. The molecule has 0 saturated heterocycles. The Kier molecular flexibility index (Phi) is 3.32. The average Bonchev–Trinajstić information content (AvgIpc) is 3.22. The first-order chi connectivity index (χ1) is 9.40. The van der Waals surface area contributed by atoms with Crippen LogP contribution in [0.2, 0.25) is 0 Å². The van der Waals surface area contributed by atoms with E-state index in [1.165, 1.54) is 25.1 Å². The van der Waals surface area contributed by atoms with Gasteiger partial charge in [-0.15, -0.1) is 0 Å². The first-order valence-corrected chi connectivity index (χ1v) is 6.09. The van der Waals surface area contributed by atoms with Crippen molar-refractivity contribution < 1.29 is 14.8 Å². The molecule has 1 aliphatic rings. The molecule has 1 atom stereocenters. The Hall–Kier alpha value is -2.62. The lowest BCUT2D eigenvalue weighted by atomic mass is 9.95. The van der Waals surface area contributed by atoms with Crippen molar-refractivity contribution in [2.75, 3.05) is 5.32 Å². The highest BCUT2D eigenvalue weighted by atomic mass is 16.6. The molecule has 1 aliphatic carbocycles. The summed E-state index contributed by atoms with van der Waals surface area (Å²) < 4.78 is 0. The van der Waals surface area contributed by atoms with Crippen molar-refractivity contribution in [3.63, 3.8) is 0 Å². The lowest BCUT2D eigenvalue weighted by Gasteiger charge is -2.27. The van der Waals surface area contributed by atoms with E-state index in [4.69, 9.17) is 5.26 Å². The Morgan fingerprint density at radius 1 is 1.60 bits per heavy atom. The highest BCUT2D eigenvalue weighted by Gasteiger charge is 2.48. The van der Waals surface area contributed by atoms with Gasteiger partial charge in [0.25, 0.3) is 0 Å². The van der Waals surface area contributed by atoms with Gasteiger partial charge in [0.05, 0.1) is 4.92 Å². The van der Waals surface area contributed by atoms with Crippen molar-refractivity contribution in [3.8, 4) is 6.07 Å². The van der Waals surface area contributed by atoms with Gasteiger partial charge in [0, 0.05) is 0 Å². The van der Waals surface area contributed by atoms with E-state index in [0.29, 0.717) is 0 Å². The molecule has 0 spiro atoms.